The van der Waals surface area contributed by atoms with Crippen molar-refractivity contribution in [3.63, 3.8) is 0 Å². The lowest BCUT2D eigenvalue weighted by molar-refractivity contribution is 0.237. The average molecular weight is 285 g/mol. The van der Waals surface area contributed by atoms with Crippen molar-refractivity contribution < 1.29 is 4.74 Å². The predicted octanol–water partition coefficient (Wildman–Crippen LogP) is 4.82. The topological polar surface area (TPSA) is 9.23 Å². The molecule has 0 radical (unpaired) electrons. The van der Waals surface area contributed by atoms with Crippen molar-refractivity contribution in [1.82, 2.24) is 0 Å². The summed E-state index contributed by atoms with van der Waals surface area (Å²) in [7, 11) is 0. The van der Waals surface area contributed by atoms with E-state index < -0.39 is 0 Å². The van der Waals surface area contributed by atoms with Crippen LogP contribution in [0, 0.1) is 18.8 Å². The summed E-state index contributed by atoms with van der Waals surface area (Å²) >= 11 is 3.45. The summed E-state index contributed by atoms with van der Waals surface area (Å²) < 4.78 is 6.94. The fourth-order valence-electron chi connectivity index (χ4n) is 1.88. The molecule has 1 aromatic rings. The first-order valence-corrected chi connectivity index (χ1v) is 6.67. The Labute approximate surface area is 107 Å². The molecule has 0 bridgehead atoms. The molecule has 0 aliphatic heterocycles. The zero-order chi connectivity index (χ0) is 12.1. The highest BCUT2D eigenvalue weighted by molar-refractivity contribution is 9.10. The Bertz CT molecular complexity index is 334. The molecule has 1 unspecified atom stereocenters. The summed E-state index contributed by atoms with van der Waals surface area (Å²) in [4.78, 5) is 0. The zero-order valence-electron chi connectivity index (χ0n) is 10.6. The van der Waals surface area contributed by atoms with Crippen LogP contribution >= 0.6 is 15.9 Å². The number of hydrogen-bond donors (Lipinski definition) is 0. The molecule has 0 aromatic heterocycles. The minimum Gasteiger partial charge on any atom is -0.493 e. The van der Waals surface area contributed by atoms with Gasteiger partial charge < -0.3 is 4.74 Å². The average Bonchev–Trinajstić information content (AvgIpc) is 2.15. The number of hydrogen-bond acceptors (Lipinski definition) is 1. The lowest BCUT2D eigenvalue weighted by Crippen LogP contribution is -2.11. The number of aryl methyl sites for hydroxylation is 1. The zero-order valence-corrected chi connectivity index (χ0v) is 12.2. The number of benzene rings is 1. The first-order chi connectivity index (χ1) is 7.49. The van der Waals surface area contributed by atoms with Crippen LogP contribution in [0.5, 0.6) is 5.75 Å². The van der Waals surface area contributed by atoms with Gasteiger partial charge in [-0.1, -0.05) is 36.7 Å². The van der Waals surface area contributed by atoms with Crippen molar-refractivity contribution in [2.75, 3.05) is 6.61 Å². The van der Waals surface area contributed by atoms with E-state index in [4.69, 9.17) is 4.74 Å². The molecule has 0 fully saturated rings. The first-order valence-electron chi connectivity index (χ1n) is 5.88. The molecule has 0 spiro atoms. The van der Waals surface area contributed by atoms with Gasteiger partial charge in [-0.2, -0.15) is 0 Å². The van der Waals surface area contributed by atoms with Gasteiger partial charge in [0.1, 0.15) is 5.75 Å². The predicted molar refractivity (Wildman–Crippen MR) is 73.0 cm³/mol. The lowest BCUT2D eigenvalue weighted by atomic mass is 10.00. The molecule has 1 nitrogen and oxygen atoms in total. The molecule has 2 heteroatoms. The Morgan fingerprint density at radius 3 is 2.50 bits per heavy atom. The second-order valence-corrected chi connectivity index (χ2v) is 5.87. The van der Waals surface area contributed by atoms with E-state index in [1.807, 2.05) is 12.1 Å². The molecule has 1 rings (SSSR count). The van der Waals surface area contributed by atoms with Crippen LogP contribution in [0.15, 0.2) is 22.7 Å². The van der Waals surface area contributed by atoms with Crippen molar-refractivity contribution in [2.45, 2.75) is 34.1 Å². The van der Waals surface area contributed by atoms with E-state index in [0.717, 1.165) is 22.7 Å². The number of ether oxygens (including phenoxy) is 1. The molecule has 0 N–H and O–H groups in total. The van der Waals surface area contributed by atoms with E-state index in [9.17, 15) is 0 Å². The molecule has 90 valence electrons. The SMILES string of the molecule is Cc1cc(Br)ccc1OCC(C)CC(C)C. The maximum atomic E-state index is 5.83. The summed E-state index contributed by atoms with van der Waals surface area (Å²) in [5.41, 5.74) is 1.19. The summed E-state index contributed by atoms with van der Waals surface area (Å²) in [6, 6.07) is 6.14. The molecular weight excluding hydrogens is 264 g/mol. The van der Waals surface area contributed by atoms with Crippen molar-refractivity contribution in [2.24, 2.45) is 11.8 Å². The van der Waals surface area contributed by atoms with Crippen molar-refractivity contribution >= 4 is 15.9 Å². The fourth-order valence-corrected chi connectivity index (χ4v) is 2.36. The Balaban J connectivity index is 2.48. The summed E-state index contributed by atoms with van der Waals surface area (Å²) in [6.07, 6.45) is 1.22. The number of rotatable bonds is 5. The van der Waals surface area contributed by atoms with Crippen molar-refractivity contribution in [3.8, 4) is 5.75 Å². The van der Waals surface area contributed by atoms with Crippen LogP contribution in [0.25, 0.3) is 0 Å². The van der Waals surface area contributed by atoms with Crippen LogP contribution in [-0.2, 0) is 0 Å². The highest BCUT2D eigenvalue weighted by Gasteiger charge is 2.07. The van der Waals surface area contributed by atoms with Crippen molar-refractivity contribution in [3.05, 3.63) is 28.2 Å². The van der Waals surface area contributed by atoms with Crippen LogP contribution in [0.1, 0.15) is 32.8 Å². The van der Waals surface area contributed by atoms with Crippen molar-refractivity contribution in [1.29, 1.82) is 0 Å². The molecule has 0 saturated carbocycles. The first kappa shape index (κ1) is 13.6. The third kappa shape index (κ3) is 4.56. The van der Waals surface area contributed by atoms with Crippen LogP contribution in [0.2, 0.25) is 0 Å². The molecule has 0 amide bonds. The molecule has 0 heterocycles. The molecule has 0 aliphatic rings. The largest absolute Gasteiger partial charge is 0.493 e. The van der Waals surface area contributed by atoms with Gasteiger partial charge in [0.2, 0.25) is 0 Å². The van der Waals surface area contributed by atoms with Gasteiger partial charge in [0.05, 0.1) is 6.61 Å². The molecule has 0 aliphatic carbocycles. The van der Waals surface area contributed by atoms with Gasteiger partial charge in [0.25, 0.3) is 0 Å². The minimum atomic E-state index is 0.614. The monoisotopic (exact) mass is 284 g/mol. The second-order valence-electron chi connectivity index (χ2n) is 4.96. The fraction of sp³-hybridized carbons (Fsp3) is 0.571. The Morgan fingerprint density at radius 2 is 1.94 bits per heavy atom. The number of halogens is 1. The van der Waals surface area contributed by atoms with Gasteiger partial charge in [0, 0.05) is 4.47 Å². The molecule has 0 saturated heterocycles. The normalized spacial score (nSPS) is 12.9. The highest BCUT2D eigenvalue weighted by atomic mass is 79.9. The van der Waals surface area contributed by atoms with Gasteiger partial charge in [-0.05, 0) is 48.9 Å². The Kier molecular flexibility index (Phi) is 5.33. The molecule has 16 heavy (non-hydrogen) atoms. The smallest absolute Gasteiger partial charge is 0.122 e. The highest BCUT2D eigenvalue weighted by Crippen LogP contribution is 2.23. The van der Waals surface area contributed by atoms with Gasteiger partial charge in [0.15, 0.2) is 0 Å². The van der Waals surface area contributed by atoms with Crippen LogP contribution < -0.4 is 4.74 Å². The summed E-state index contributed by atoms with van der Waals surface area (Å²) in [5, 5.41) is 0. The van der Waals surface area contributed by atoms with E-state index in [2.05, 4.69) is 49.7 Å². The Morgan fingerprint density at radius 1 is 1.25 bits per heavy atom. The van der Waals surface area contributed by atoms with E-state index in [1.54, 1.807) is 0 Å². The molecule has 1 aromatic carbocycles. The van der Waals surface area contributed by atoms with Gasteiger partial charge in [-0.3, -0.25) is 0 Å². The Hall–Kier alpha value is -0.500. The third-order valence-corrected chi connectivity index (χ3v) is 3.03. The minimum absolute atomic E-state index is 0.614. The van der Waals surface area contributed by atoms with E-state index in [-0.39, 0.29) is 0 Å². The maximum absolute atomic E-state index is 5.83. The van der Waals surface area contributed by atoms with E-state index in [0.29, 0.717) is 5.92 Å². The van der Waals surface area contributed by atoms with Crippen LogP contribution in [0.3, 0.4) is 0 Å². The van der Waals surface area contributed by atoms with Gasteiger partial charge in [-0.15, -0.1) is 0 Å². The molecule has 1 atom stereocenters. The summed E-state index contributed by atoms with van der Waals surface area (Å²) in [5.74, 6) is 2.35. The third-order valence-electron chi connectivity index (χ3n) is 2.53. The van der Waals surface area contributed by atoms with E-state index >= 15 is 0 Å². The van der Waals surface area contributed by atoms with Gasteiger partial charge in [-0.25, -0.2) is 0 Å². The second kappa shape index (κ2) is 6.29. The van der Waals surface area contributed by atoms with Crippen LogP contribution in [0.4, 0.5) is 0 Å². The van der Waals surface area contributed by atoms with E-state index in [1.165, 1.54) is 12.0 Å². The summed E-state index contributed by atoms with van der Waals surface area (Å²) in [6.45, 7) is 9.63. The maximum Gasteiger partial charge on any atom is 0.122 e. The quantitative estimate of drug-likeness (QED) is 0.753. The standard InChI is InChI=1S/C14H21BrO/c1-10(2)7-11(3)9-16-14-6-5-13(15)8-12(14)4/h5-6,8,10-11H,7,9H2,1-4H3. The molecular formula is C14H21BrO. The van der Waals surface area contributed by atoms with Crippen LogP contribution in [-0.4, -0.2) is 6.61 Å². The van der Waals surface area contributed by atoms with Gasteiger partial charge >= 0.3 is 0 Å². The lowest BCUT2D eigenvalue weighted by Gasteiger charge is -2.16.